The fourth-order valence-corrected chi connectivity index (χ4v) is 11.7. The summed E-state index contributed by atoms with van der Waals surface area (Å²) in [7, 11) is 0. The Hall–Kier alpha value is -1.80. The van der Waals surface area contributed by atoms with Crippen molar-refractivity contribution in [2.45, 2.75) is 109 Å². The summed E-state index contributed by atoms with van der Waals surface area (Å²) in [6.07, 6.45) is 13.7. The standard InChI is InChI=1S/C33H49N3O4S/c1-5-34-30(39)29-19(3)17-41-32-28(31(40)36(29)32)35-27(38)13-6-18(2)22-9-10-24-23(22)11-12-26-25(24)8-7-20-16-21(37)14-15-33(20,26)4/h5,18,20-26,28,32,37H,1,6-17H2,2-4H3,(H,34,39)(H,35,38). The Labute approximate surface area is 249 Å². The molecular weight excluding hydrogens is 534 g/mol. The fourth-order valence-electron chi connectivity index (χ4n) is 10.4. The largest absolute Gasteiger partial charge is 0.393 e. The third kappa shape index (κ3) is 4.99. The number of thioether (sulfide) groups is 1. The van der Waals surface area contributed by atoms with E-state index in [1.807, 2.05) is 6.92 Å². The summed E-state index contributed by atoms with van der Waals surface area (Å²) in [6.45, 7) is 10.3. The van der Waals surface area contributed by atoms with Crippen LogP contribution in [0.5, 0.6) is 0 Å². The third-order valence-corrected chi connectivity index (χ3v) is 13.9. The topological polar surface area (TPSA) is 98.7 Å². The van der Waals surface area contributed by atoms with Crippen LogP contribution < -0.4 is 10.6 Å². The van der Waals surface area contributed by atoms with Crippen LogP contribution in [-0.4, -0.2) is 51.0 Å². The third-order valence-electron chi connectivity index (χ3n) is 12.5. The van der Waals surface area contributed by atoms with Crippen molar-refractivity contribution in [2.24, 2.45) is 46.8 Å². The van der Waals surface area contributed by atoms with Crippen LogP contribution in [0.25, 0.3) is 0 Å². The monoisotopic (exact) mass is 583 g/mol. The van der Waals surface area contributed by atoms with Crippen LogP contribution in [0, 0.1) is 46.8 Å². The van der Waals surface area contributed by atoms with Crippen molar-refractivity contribution in [3.8, 4) is 0 Å². The molecule has 0 aromatic rings. The number of carbonyl (C=O) groups excluding carboxylic acids is 3. The van der Waals surface area contributed by atoms with E-state index in [-0.39, 0.29) is 29.2 Å². The fraction of sp³-hybridized carbons (Fsp3) is 0.788. The molecule has 3 amide bonds. The maximum Gasteiger partial charge on any atom is 0.271 e. The van der Waals surface area contributed by atoms with E-state index >= 15 is 0 Å². The molecule has 0 aromatic carbocycles. The Morgan fingerprint density at radius 2 is 1.90 bits per heavy atom. The van der Waals surface area contributed by atoms with Crippen LogP contribution in [0.4, 0.5) is 0 Å². The molecule has 4 saturated carbocycles. The first-order chi connectivity index (χ1) is 19.6. The van der Waals surface area contributed by atoms with Crippen LogP contribution in [0.15, 0.2) is 24.0 Å². The molecule has 11 atom stereocenters. The minimum atomic E-state index is -0.564. The number of hydrogen-bond acceptors (Lipinski definition) is 5. The molecule has 11 unspecified atom stereocenters. The summed E-state index contributed by atoms with van der Waals surface area (Å²) in [5, 5.41) is 15.7. The predicted molar refractivity (Wildman–Crippen MR) is 161 cm³/mol. The summed E-state index contributed by atoms with van der Waals surface area (Å²) >= 11 is 1.60. The van der Waals surface area contributed by atoms with Crippen molar-refractivity contribution >= 4 is 29.5 Å². The molecular formula is C33H49N3O4S. The highest BCUT2D eigenvalue weighted by molar-refractivity contribution is 8.00. The number of aliphatic hydroxyl groups is 1. The van der Waals surface area contributed by atoms with Gasteiger partial charge in [-0.15, -0.1) is 11.8 Å². The maximum absolute atomic E-state index is 13.0. The van der Waals surface area contributed by atoms with Crippen LogP contribution >= 0.6 is 11.8 Å². The van der Waals surface area contributed by atoms with E-state index in [0.717, 1.165) is 48.5 Å². The van der Waals surface area contributed by atoms with Gasteiger partial charge in [0.25, 0.3) is 11.8 Å². The van der Waals surface area contributed by atoms with E-state index < -0.39 is 6.04 Å². The van der Waals surface area contributed by atoms with Crippen LogP contribution in [0.3, 0.4) is 0 Å². The van der Waals surface area contributed by atoms with E-state index in [2.05, 4.69) is 31.1 Å². The maximum atomic E-state index is 13.0. The number of aliphatic hydroxyl groups excluding tert-OH is 1. The Morgan fingerprint density at radius 1 is 1.15 bits per heavy atom. The number of nitrogens with one attached hydrogen (secondary N) is 2. The van der Waals surface area contributed by atoms with Gasteiger partial charge in [-0.3, -0.25) is 19.3 Å². The smallest absolute Gasteiger partial charge is 0.271 e. The number of β-lactam (4-membered cyclic amide) rings is 1. The number of rotatable bonds is 7. The number of fused-ring (bicyclic) bond motifs is 6. The van der Waals surface area contributed by atoms with Gasteiger partial charge in [-0.05, 0) is 130 Å². The quantitative estimate of drug-likeness (QED) is 0.368. The van der Waals surface area contributed by atoms with Crippen molar-refractivity contribution in [1.29, 1.82) is 0 Å². The second-order valence-electron chi connectivity index (χ2n) is 14.4. The Kier molecular flexibility index (Phi) is 8.12. The lowest BCUT2D eigenvalue weighted by Crippen LogP contribution is -2.70. The molecule has 2 heterocycles. The summed E-state index contributed by atoms with van der Waals surface area (Å²) < 4.78 is 0. The molecule has 1 saturated heterocycles. The van der Waals surface area contributed by atoms with Gasteiger partial charge in [0, 0.05) is 12.2 Å². The van der Waals surface area contributed by atoms with Crippen LogP contribution in [0.1, 0.15) is 91.4 Å². The molecule has 6 aliphatic rings. The van der Waals surface area contributed by atoms with Gasteiger partial charge >= 0.3 is 0 Å². The number of amides is 3. The number of hydrogen-bond donors (Lipinski definition) is 3. The van der Waals surface area contributed by atoms with E-state index in [9.17, 15) is 19.5 Å². The first kappa shape index (κ1) is 29.3. The van der Waals surface area contributed by atoms with Gasteiger partial charge in [0.15, 0.2) is 0 Å². The highest BCUT2D eigenvalue weighted by Gasteiger charge is 2.57. The van der Waals surface area contributed by atoms with Gasteiger partial charge in [0.2, 0.25) is 5.91 Å². The SMILES string of the molecule is C=CNC(=O)C1=C(C)CSC2C(NC(=O)CCC(C)C3CCC4C3CCC3C4CCC4CC(O)CCC43C)C(=O)N12. The highest BCUT2D eigenvalue weighted by Crippen LogP contribution is 2.64. The Bertz CT molecular complexity index is 1120. The lowest BCUT2D eigenvalue weighted by Gasteiger charge is -2.59. The summed E-state index contributed by atoms with van der Waals surface area (Å²) in [4.78, 5) is 40.0. The highest BCUT2D eigenvalue weighted by atomic mass is 32.2. The molecule has 7 nitrogen and oxygen atoms in total. The van der Waals surface area contributed by atoms with Crippen molar-refractivity contribution < 1.29 is 19.5 Å². The van der Waals surface area contributed by atoms with Crippen molar-refractivity contribution in [1.82, 2.24) is 15.5 Å². The molecule has 0 spiro atoms. The second-order valence-corrected chi connectivity index (χ2v) is 15.5. The molecule has 0 radical (unpaired) electrons. The lowest BCUT2D eigenvalue weighted by atomic mass is 9.47. The summed E-state index contributed by atoms with van der Waals surface area (Å²) in [5.41, 5.74) is 1.68. The molecule has 0 aromatic heterocycles. The van der Waals surface area contributed by atoms with Crippen molar-refractivity contribution in [3.63, 3.8) is 0 Å². The summed E-state index contributed by atoms with van der Waals surface area (Å²) in [6, 6.07) is -0.564. The number of nitrogens with zero attached hydrogens (tertiary/aromatic N) is 1. The van der Waals surface area contributed by atoms with Gasteiger partial charge < -0.3 is 15.7 Å². The molecule has 3 N–H and O–H groups in total. The zero-order valence-electron chi connectivity index (χ0n) is 25.1. The minimum Gasteiger partial charge on any atom is -0.393 e. The van der Waals surface area contributed by atoms with Gasteiger partial charge in [0.05, 0.1) is 6.10 Å². The Morgan fingerprint density at radius 3 is 2.68 bits per heavy atom. The summed E-state index contributed by atoms with van der Waals surface area (Å²) in [5.74, 6) is 5.29. The van der Waals surface area contributed by atoms with Gasteiger partial charge in [-0.1, -0.05) is 20.4 Å². The predicted octanol–water partition coefficient (Wildman–Crippen LogP) is 4.97. The van der Waals surface area contributed by atoms with Gasteiger partial charge in [-0.25, -0.2) is 0 Å². The molecule has 4 aliphatic carbocycles. The van der Waals surface area contributed by atoms with Crippen molar-refractivity contribution in [2.75, 3.05) is 5.75 Å². The zero-order valence-corrected chi connectivity index (χ0v) is 25.9. The van der Waals surface area contributed by atoms with E-state index in [4.69, 9.17) is 0 Å². The first-order valence-electron chi connectivity index (χ1n) is 16.2. The van der Waals surface area contributed by atoms with Gasteiger partial charge in [0.1, 0.15) is 17.1 Å². The van der Waals surface area contributed by atoms with Crippen molar-refractivity contribution in [3.05, 3.63) is 24.0 Å². The van der Waals surface area contributed by atoms with E-state index in [0.29, 0.717) is 41.0 Å². The minimum absolute atomic E-state index is 0.0530. The Balaban J connectivity index is 1.01. The van der Waals surface area contributed by atoms with Crippen LogP contribution in [-0.2, 0) is 14.4 Å². The molecule has 5 fully saturated rings. The lowest BCUT2D eigenvalue weighted by molar-refractivity contribution is -0.147. The van der Waals surface area contributed by atoms with Crippen LogP contribution in [0.2, 0.25) is 0 Å². The number of carbonyl (C=O) groups is 3. The molecule has 6 rings (SSSR count). The second kappa shape index (κ2) is 11.4. The first-order valence-corrected chi connectivity index (χ1v) is 17.2. The van der Waals surface area contributed by atoms with E-state index in [1.165, 1.54) is 56.0 Å². The normalized spacial score (nSPS) is 42.2. The zero-order chi connectivity index (χ0) is 29.1. The molecule has 226 valence electrons. The molecule has 41 heavy (non-hydrogen) atoms. The van der Waals surface area contributed by atoms with Gasteiger partial charge in [-0.2, -0.15) is 0 Å². The van der Waals surface area contributed by atoms with E-state index in [1.54, 1.807) is 11.8 Å². The molecule has 2 aliphatic heterocycles. The molecule has 8 heteroatoms. The average molecular weight is 584 g/mol. The average Bonchev–Trinajstić information content (AvgIpc) is 3.39. The molecule has 0 bridgehead atoms.